The van der Waals surface area contributed by atoms with Crippen molar-refractivity contribution in [3.8, 4) is 5.75 Å². The van der Waals surface area contributed by atoms with Gasteiger partial charge in [-0.1, -0.05) is 63.7 Å². The number of nitrogens with zero attached hydrogens (tertiary/aromatic N) is 1. The fourth-order valence-electron chi connectivity index (χ4n) is 4.05. The van der Waals surface area contributed by atoms with Crippen LogP contribution in [0.2, 0.25) is 0 Å². The Bertz CT molecular complexity index is 1830. The minimum absolute atomic E-state index is 0.0859. The highest BCUT2D eigenvalue weighted by Gasteiger charge is 2.16. The molecule has 0 saturated carbocycles. The monoisotopic (exact) mass is 686 g/mol. The molecule has 11 heteroatoms. The van der Waals surface area contributed by atoms with Crippen LogP contribution in [0.3, 0.4) is 0 Å². The van der Waals surface area contributed by atoms with Crippen molar-refractivity contribution in [1.82, 2.24) is 10.3 Å². The van der Waals surface area contributed by atoms with Gasteiger partial charge in [0.1, 0.15) is 11.4 Å². The number of fused-ring (bicyclic) bond motifs is 1. The van der Waals surface area contributed by atoms with E-state index in [-0.39, 0.29) is 17.4 Å². The lowest BCUT2D eigenvalue weighted by molar-refractivity contribution is -0.114. The molecule has 0 unspecified atom stereocenters. The molecule has 4 aromatic carbocycles. The highest BCUT2D eigenvalue weighted by atomic mass is 79.9. The van der Waals surface area contributed by atoms with Crippen molar-refractivity contribution in [2.45, 2.75) is 11.8 Å². The van der Waals surface area contributed by atoms with E-state index in [0.717, 1.165) is 30.9 Å². The lowest BCUT2D eigenvalue weighted by Gasteiger charge is -2.12. The molecule has 0 bridgehead atoms. The van der Waals surface area contributed by atoms with Crippen LogP contribution in [0.5, 0.6) is 5.75 Å². The molecule has 0 fully saturated rings. The van der Waals surface area contributed by atoms with Crippen molar-refractivity contribution in [1.29, 1.82) is 0 Å². The predicted octanol–water partition coefficient (Wildman–Crippen LogP) is 7.60. The zero-order valence-electron chi connectivity index (χ0n) is 23.5. The van der Waals surface area contributed by atoms with Crippen LogP contribution in [0.1, 0.15) is 22.8 Å². The molecule has 5 aromatic rings. The maximum absolute atomic E-state index is 13.4. The number of anilines is 2. The van der Waals surface area contributed by atoms with Crippen LogP contribution in [-0.4, -0.2) is 35.1 Å². The Hall–Kier alpha value is -4.45. The van der Waals surface area contributed by atoms with Gasteiger partial charge in [-0.3, -0.25) is 14.4 Å². The molecule has 0 spiro atoms. The third-order valence-electron chi connectivity index (χ3n) is 6.09. The van der Waals surface area contributed by atoms with Gasteiger partial charge in [-0.2, -0.15) is 0 Å². The number of hydrogen-bond donors (Lipinski definition) is 3. The third kappa shape index (κ3) is 8.56. The molecule has 0 aliphatic heterocycles. The van der Waals surface area contributed by atoms with Crippen LogP contribution >= 0.6 is 39.0 Å². The Labute approximate surface area is 271 Å². The molecule has 1 aromatic heterocycles. The summed E-state index contributed by atoms with van der Waals surface area (Å²) in [6.45, 7) is 2.50. The molecule has 3 N–H and O–H groups in total. The molecule has 0 aliphatic carbocycles. The molecule has 222 valence electrons. The molecule has 0 atom stereocenters. The van der Waals surface area contributed by atoms with Gasteiger partial charge in [0.15, 0.2) is 5.13 Å². The lowest BCUT2D eigenvalue weighted by atomic mass is 10.1. The van der Waals surface area contributed by atoms with Gasteiger partial charge < -0.3 is 20.7 Å². The Morgan fingerprint density at radius 2 is 1.73 bits per heavy atom. The van der Waals surface area contributed by atoms with E-state index < -0.39 is 11.8 Å². The quantitative estimate of drug-likeness (QED) is 0.0975. The summed E-state index contributed by atoms with van der Waals surface area (Å²) in [7, 11) is 0. The second kappa shape index (κ2) is 14.8. The van der Waals surface area contributed by atoms with Gasteiger partial charge in [0.25, 0.3) is 11.8 Å². The van der Waals surface area contributed by atoms with Gasteiger partial charge >= 0.3 is 0 Å². The fraction of sp³-hybridized carbons (Fsp3) is 0.0909. The predicted molar refractivity (Wildman–Crippen MR) is 181 cm³/mol. The van der Waals surface area contributed by atoms with Crippen molar-refractivity contribution in [2.75, 3.05) is 23.0 Å². The van der Waals surface area contributed by atoms with Crippen molar-refractivity contribution < 1.29 is 19.1 Å². The van der Waals surface area contributed by atoms with Crippen LogP contribution in [0, 0.1) is 0 Å². The average molecular weight is 688 g/mol. The molecule has 0 radical (unpaired) electrons. The Morgan fingerprint density at radius 1 is 0.932 bits per heavy atom. The van der Waals surface area contributed by atoms with Crippen molar-refractivity contribution in [2.24, 2.45) is 0 Å². The number of benzene rings is 4. The summed E-state index contributed by atoms with van der Waals surface area (Å²) in [6.07, 6.45) is 1.62. The van der Waals surface area contributed by atoms with E-state index in [2.05, 4.69) is 36.9 Å². The highest BCUT2D eigenvalue weighted by molar-refractivity contribution is 9.10. The Balaban J connectivity index is 1.23. The lowest BCUT2D eigenvalue weighted by Crippen LogP contribution is -2.30. The van der Waals surface area contributed by atoms with E-state index in [1.165, 1.54) is 23.1 Å². The first-order valence-corrected chi connectivity index (χ1v) is 16.2. The standard InChI is InChI=1S/C33H27BrN4O4S2/c1-2-42-25-15-16-27-29(19-25)44-33(37-27)38-30(39)20-43-26-10-6-9-24(18-26)35-32(41)28(17-21-11-13-23(34)14-12-21)36-31(40)22-7-4-3-5-8-22/h3-19H,2,20H2,1H3,(H,35,41)(H,36,40)(H,37,38,39)/b28-17-. The number of thioether (sulfide) groups is 1. The number of ether oxygens (including phenoxy) is 1. The number of aromatic nitrogens is 1. The van der Waals surface area contributed by atoms with Gasteiger partial charge in [-0.05, 0) is 79.2 Å². The number of carbonyl (C=O) groups is 3. The van der Waals surface area contributed by atoms with Crippen LogP contribution < -0.4 is 20.7 Å². The van der Waals surface area contributed by atoms with Gasteiger partial charge in [0, 0.05) is 20.6 Å². The smallest absolute Gasteiger partial charge is 0.272 e. The number of hydrogen-bond acceptors (Lipinski definition) is 7. The summed E-state index contributed by atoms with van der Waals surface area (Å²) in [5, 5.41) is 8.98. The Morgan fingerprint density at radius 3 is 2.50 bits per heavy atom. The highest BCUT2D eigenvalue weighted by Crippen LogP contribution is 2.30. The topological polar surface area (TPSA) is 109 Å². The maximum atomic E-state index is 13.4. The van der Waals surface area contributed by atoms with Gasteiger partial charge in [-0.15, -0.1) is 11.8 Å². The van der Waals surface area contributed by atoms with E-state index in [9.17, 15) is 14.4 Å². The number of halogens is 1. The van der Waals surface area contributed by atoms with Crippen molar-refractivity contribution in [3.63, 3.8) is 0 Å². The molecule has 8 nitrogen and oxygen atoms in total. The molecule has 0 aliphatic rings. The minimum Gasteiger partial charge on any atom is -0.494 e. The summed E-state index contributed by atoms with van der Waals surface area (Å²) in [4.78, 5) is 44.2. The number of carbonyl (C=O) groups excluding carboxylic acids is 3. The SMILES string of the molecule is CCOc1ccc2nc(NC(=O)CSc3cccc(NC(=O)/C(=C/c4ccc(Br)cc4)NC(=O)c4ccccc4)c3)sc2c1. The minimum atomic E-state index is -0.486. The molecule has 3 amide bonds. The molecule has 0 saturated heterocycles. The van der Waals surface area contributed by atoms with Crippen molar-refractivity contribution in [3.05, 3.63) is 118 Å². The van der Waals surface area contributed by atoms with Crippen LogP contribution in [0.25, 0.3) is 16.3 Å². The summed E-state index contributed by atoms with van der Waals surface area (Å²) < 4.78 is 7.37. The first kappa shape index (κ1) is 31.0. The normalized spacial score (nSPS) is 11.2. The van der Waals surface area contributed by atoms with E-state index in [1.54, 1.807) is 48.5 Å². The van der Waals surface area contributed by atoms with Crippen LogP contribution in [0.4, 0.5) is 10.8 Å². The summed E-state index contributed by atoms with van der Waals surface area (Å²) in [6, 6.07) is 28.9. The first-order valence-electron chi connectivity index (χ1n) is 13.6. The molecule has 1 heterocycles. The summed E-state index contributed by atoms with van der Waals surface area (Å²) >= 11 is 6.13. The molecular weight excluding hydrogens is 660 g/mol. The molecular formula is C33H27BrN4O4S2. The zero-order chi connectivity index (χ0) is 30.9. The number of thiazole rings is 1. The van der Waals surface area contributed by atoms with Crippen molar-refractivity contribution >= 4 is 83.9 Å². The average Bonchev–Trinajstić information content (AvgIpc) is 3.43. The number of amides is 3. The van der Waals surface area contributed by atoms with E-state index in [0.29, 0.717) is 23.0 Å². The second-order valence-corrected chi connectivity index (χ2v) is 12.3. The fourth-order valence-corrected chi connectivity index (χ4v) is 5.98. The largest absolute Gasteiger partial charge is 0.494 e. The van der Waals surface area contributed by atoms with E-state index in [4.69, 9.17) is 4.74 Å². The second-order valence-electron chi connectivity index (χ2n) is 9.33. The summed E-state index contributed by atoms with van der Waals surface area (Å²) in [5.41, 5.74) is 2.57. The molecule has 44 heavy (non-hydrogen) atoms. The summed E-state index contributed by atoms with van der Waals surface area (Å²) in [5.74, 6) is -0.169. The number of nitrogens with one attached hydrogen (secondary N) is 3. The third-order valence-corrected chi connectivity index (χ3v) is 8.54. The maximum Gasteiger partial charge on any atom is 0.272 e. The van der Waals surface area contributed by atoms with Gasteiger partial charge in [-0.25, -0.2) is 4.98 Å². The Kier molecular flexibility index (Phi) is 10.4. The zero-order valence-corrected chi connectivity index (χ0v) is 26.7. The number of rotatable bonds is 11. The van der Waals surface area contributed by atoms with E-state index >= 15 is 0 Å². The van der Waals surface area contributed by atoms with Crippen LogP contribution in [0.15, 0.2) is 112 Å². The van der Waals surface area contributed by atoms with Gasteiger partial charge in [0.2, 0.25) is 5.91 Å². The molecule has 5 rings (SSSR count). The van der Waals surface area contributed by atoms with E-state index in [1.807, 2.05) is 61.5 Å². The van der Waals surface area contributed by atoms with Crippen LogP contribution in [-0.2, 0) is 9.59 Å². The first-order chi connectivity index (χ1) is 21.4. The van der Waals surface area contributed by atoms with Gasteiger partial charge in [0.05, 0.1) is 22.6 Å².